The van der Waals surface area contributed by atoms with Gasteiger partial charge in [-0.05, 0) is 35.4 Å². The molecule has 0 aliphatic heterocycles. The van der Waals surface area contributed by atoms with Gasteiger partial charge >= 0.3 is 29.6 Å². The third kappa shape index (κ3) is 3.01. The quantitative estimate of drug-likeness (QED) is 0.794. The van der Waals surface area contributed by atoms with Crippen LogP contribution in [0, 0.1) is 0 Å². The zero-order valence-electron chi connectivity index (χ0n) is 8.47. The van der Waals surface area contributed by atoms with Crippen LogP contribution < -0.4 is 4.74 Å². The van der Waals surface area contributed by atoms with Crippen molar-refractivity contribution in [2.24, 2.45) is 0 Å². The van der Waals surface area contributed by atoms with Crippen molar-refractivity contribution in [1.29, 1.82) is 0 Å². The summed E-state index contributed by atoms with van der Waals surface area (Å²) in [6.07, 6.45) is 0. The topological polar surface area (TPSA) is 29.5 Å². The molecule has 2 rings (SSSR count). The van der Waals surface area contributed by atoms with Gasteiger partial charge in [-0.25, -0.2) is 0 Å². The number of hydrogen-bond donors (Lipinski definition) is 1. The monoisotopic (exact) mass is 224 g/mol. The molecule has 0 aliphatic carbocycles. The van der Waals surface area contributed by atoms with Crippen LogP contribution in [0.15, 0.2) is 48.5 Å². The number of hydrogen-bond acceptors (Lipinski definition) is 2. The minimum atomic E-state index is 0. The van der Waals surface area contributed by atoms with Gasteiger partial charge in [-0.2, -0.15) is 0 Å². The maximum absolute atomic E-state index is 9.17. The fourth-order valence-electron chi connectivity index (χ4n) is 1.44. The van der Waals surface area contributed by atoms with Crippen LogP contribution in [-0.4, -0.2) is 41.8 Å². The average Bonchev–Trinajstić information content (AvgIpc) is 2.30. The van der Waals surface area contributed by atoms with Crippen molar-refractivity contribution >= 4 is 29.6 Å². The first-order valence-electron chi connectivity index (χ1n) is 4.73. The standard InChI is InChI=1S/C13H12O2.Na.H/c1-15-13-8-4-11(5-9-13)10-2-6-12(14)7-3-10;;/h2-9,14H,1H3;;. The van der Waals surface area contributed by atoms with Crippen molar-refractivity contribution in [3.63, 3.8) is 0 Å². The van der Waals surface area contributed by atoms with Crippen molar-refractivity contribution in [2.75, 3.05) is 7.11 Å². The van der Waals surface area contributed by atoms with Crippen molar-refractivity contribution in [2.45, 2.75) is 0 Å². The van der Waals surface area contributed by atoms with Gasteiger partial charge in [0.1, 0.15) is 11.5 Å². The molecule has 1 N–H and O–H groups in total. The van der Waals surface area contributed by atoms with E-state index in [4.69, 9.17) is 9.84 Å². The molecule has 0 heterocycles. The summed E-state index contributed by atoms with van der Waals surface area (Å²) >= 11 is 0. The molecule has 2 aromatic rings. The molecule has 0 fully saturated rings. The maximum atomic E-state index is 9.17. The molecule has 0 bridgehead atoms. The summed E-state index contributed by atoms with van der Waals surface area (Å²) in [7, 11) is 1.65. The third-order valence-corrected chi connectivity index (χ3v) is 2.29. The Morgan fingerprint density at radius 3 is 1.69 bits per heavy atom. The van der Waals surface area contributed by atoms with E-state index in [1.54, 1.807) is 19.2 Å². The van der Waals surface area contributed by atoms with E-state index in [1.165, 1.54) is 0 Å². The summed E-state index contributed by atoms with van der Waals surface area (Å²) in [6.45, 7) is 0. The molecule has 0 radical (unpaired) electrons. The number of ether oxygens (including phenoxy) is 1. The molecule has 2 nitrogen and oxygen atoms in total. The molecule has 2 aromatic carbocycles. The average molecular weight is 224 g/mol. The first kappa shape index (κ1) is 13.1. The second-order valence-electron chi connectivity index (χ2n) is 3.28. The van der Waals surface area contributed by atoms with Crippen LogP contribution in [-0.2, 0) is 0 Å². The second kappa shape index (κ2) is 5.94. The van der Waals surface area contributed by atoms with Crippen molar-refractivity contribution in [1.82, 2.24) is 0 Å². The summed E-state index contributed by atoms with van der Waals surface area (Å²) in [5.41, 5.74) is 2.19. The number of rotatable bonds is 2. The Hall–Kier alpha value is -0.960. The van der Waals surface area contributed by atoms with Crippen LogP contribution >= 0.6 is 0 Å². The number of methoxy groups -OCH3 is 1. The first-order valence-corrected chi connectivity index (χ1v) is 4.73. The van der Waals surface area contributed by atoms with Gasteiger partial charge in [-0.1, -0.05) is 24.3 Å². The van der Waals surface area contributed by atoms with Crippen LogP contribution in [0.2, 0.25) is 0 Å². The van der Waals surface area contributed by atoms with Crippen molar-refractivity contribution in [3.05, 3.63) is 48.5 Å². The fraction of sp³-hybridized carbons (Fsp3) is 0.0769. The Morgan fingerprint density at radius 1 is 0.812 bits per heavy atom. The van der Waals surface area contributed by atoms with E-state index in [-0.39, 0.29) is 35.3 Å². The normalized spacial score (nSPS) is 9.31. The predicted molar refractivity (Wildman–Crippen MR) is 67.2 cm³/mol. The summed E-state index contributed by atoms with van der Waals surface area (Å²) in [4.78, 5) is 0. The molecule has 78 valence electrons. The van der Waals surface area contributed by atoms with E-state index in [0.29, 0.717) is 0 Å². The zero-order valence-corrected chi connectivity index (χ0v) is 8.47. The Morgan fingerprint density at radius 2 is 1.25 bits per heavy atom. The van der Waals surface area contributed by atoms with Crippen molar-refractivity contribution in [3.8, 4) is 22.6 Å². The van der Waals surface area contributed by atoms with Gasteiger partial charge < -0.3 is 9.84 Å². The molecule has 3 heteroatoms. The summed E-state index contributed by atoms with van der Waals surface area (Å²) < 4.78 is 5.08. The van der Waals surface area contributed by atoms with Gasteiger partial charge in [0.25, 0.3) is 0 Å². The SMILES string of the molecule is COc1ccc(-c2ccc(O)cc2)cc1.[NaH]. The molecule has 0 aliphatic rings. The fourth-order valence-corrected chi connectivity index (χ4v) is 1.44. The van der Waals surface area contributed by atoms with Gasteiger partial charge in [-0.3, -0.25) is 0 Å². The second-order valence-corrected chi connectivity index (χ2v) is 3.28. The number of phenolic OH excluding ortho intramolecular Hbond substituents is 1. The summed E-state index contributed by atoms with van der Waals surface area (Å²) in [6, 6.07) is 15.0. The minimum absolute atomic E-state index is 0. The van der Waals surface area contributed by atoms with Crippen LogP contribution in [0.1, 0.15) is 0 Å². The molecular formula is C13H13NaO2. The van der Waals surface area contributed by atoms with Crippen LogP contribution in [0.3, 0.4) is 0 Å². The van der Waals surface area contributed by atoms with E-state index in [1.807, 2.05) is 36.4 Å². The van der Waals surface area contributed by atoms with Crippen LogP contribution in [0.5, 0.6) is 11.5 Å². The number of aromatic hydroxyl groups is 1. The zero-order chi connectivity index (χ0) is 10.7. The Bertz CT molecular complexity index is 434. The van der Waals surface area contributed by atoms with Gasteiger partial charge in [0.2, 0.25) is 0 Å². The third-order valence-electron chi connectivity index (χ3n) is 2.29. The molecule has 0 atom stereocenters. The summed E-state index contributed by atoms with van der Waals surface area (Å²) in [5.74, 6) is 1.13. The Kier molecular flexibility index (Phi) is 4.87. The Labute approximate surface area is 117 Å². The van der Waals surface area contributed by atoms with Crippen LogP contribution in [0.25, 0.3) is 11.1 Å². The molecule has 0 saturated carbocycles. The molecular weight excluding hydrogens is 211 g/mol. The molecule has 0 aromatic heterocycles. The van der Waals surface area contributed by atoms with Gasteiger partial charge in [0.15, 0.2) is 0 Å². The van der Waals surface area contributed by atoms with Crippen LogP contribution in [0.4, 0.5) is 0 Å². The predicted octanol–water partition coefficient (Wildman–Crippen LogP) is 2.42. The Balaban J connectivity index is 0.00000128. The first-order chi connectivity index (χ1) is 7.29. The van der Waals surface area contributed by atoms with Gasteiger partial charge in [0, 0.05) is 0 Å². The van der Waals surface area contributed by atoms with Crippen molar-refractivity contribution < 1.29 is 9.84 Å². The number of benzene rings is 2. The number of phenols is 1. The van der Waals surface area contributed by atoms with E-state index in [0.717, 1.165) is 16.9 Å². The molecule has 0 saturated heterocycles. The molecule has 0 spiro atoms. The van der Waals surface area contributed by atoms with E-state index in [2.05, 4.69) is 0 Å². The van der Waals surface area contributed by atoms with Gasteiger partial charge in [-0.15, -0.1) is 0 Å². The molecule has 16 heavy (non-hydrogen) atoms. The molecule has 0 amide bonds. The van der Waals surface area contributed by atoms with E-state index < -0.39 is 0 Å². The summed E-state index contributed by atoms with van der Waals surface area (Å²) in [5, 5.41) is 9.17. The van der Waals surface area contributed by atoms with E-state index in [9.17, 15) is 0 Å². The van der Waals surface area contributed by atoms with E-state index >= 15 is 0 Å². The molecule has 0 unspecified atom stereocenters. The van der Waals surface area contributed by atoms with Gasteiger partial charge in [0.05, 0.1) is 7.11 Å².